The van der Waals surface area contributed by atoms with E-state index in [9.17, 15) is 4.79 Å². The van der Waals surface area contributed by atoms with Gasteiger partial charge in [0.15, 0.2) is 6.10 Å². The number of carbonyl (C=O) groups excluding carboxylic acids is 1. The molecular weight excluding hydrogens is 320 g/mol. The monoisotopic (exact) mass is 336 g/mol. The molecule has 2 aromatic carbocycles. The summed E-state index contributed by atoms with van der Waals surface area (Å²) in [4.78, 5) is 17.1. The second-order valence-corrected chi connectivity index (χ2v) is 6.61. The molecule has 0 aliphatic carbocycles. The molecule has 0 bridgehead atoms. The van der Waals surface area contributed by atoms with E-state index in [-0.39, 0.29) is 11.8 Å². The molecule has 0 saturated carbocycles. The molecule has 2 heterocycles. The molecule has 1 aliphatic rings. The van der Waals surface area contributed by atoms with Gasteiger partial charge in [-0.3, -0.25) is 4.79 Å². The Labute approximate surface area is 144 Å². The minimum absolute atomic E-state index is 0.0225. The van der Waals surface area contributed by atoms with Crippen LogP contribution in [0.25, 0.3) is 11.3 Å². The van der Waals surface area contributed by atoms with Crippen LogP contribution in [0.3, 0.4) is 0 Å². The third kappa shape index (κ3) is 2.57. The van der Waals surface area contributed by atoms with Crippen LogP contribution in [0.4, 0.5) is 5.00 Å². The minimum Gasteiger partial charge on any atom is -0.480 e. The maximum Gasteiger partial charge on any atom is 0.266 e. The molecule has 1 aliphatic heterocycles. The fourth-order valence-electron chi connectivity index (χ4n) is 2.97. The van der Waals surface area contributed by atoms with Crippen molar-refractivity contribution in [2.45, 2.75) is 18.9 Å². The molecule has 2 atom stereocenters. The van der Waals surface area contributed by atoms with Crippen molar-refractivity contribution in [1.29, 1.82) is 0 Å². The van der Waals surface area contributed by atoms with Gasteiger partial charge in [0.1, 0.15) is 16.4 Å². The summed E-state index contributed by atoms with van der Waals surface area (Å²) in [5, 5.41) is 3.74. The quantitative estimate of drug-likeness (QED) is 0.775. The van der Waals surface area contributed by atoms with Crippen LogP contribution in [-0.4, -0.2) is 17.0 Å². The topological polar surface area (TPSA) is 51.2 Å². The van der Waals surface area contributed by atoms with Crippen molar-refractivity contribution >= 4 is 22.2 Å². The number of hydrogen-bond acceptors (Lipinski definition) is 4. The van der Waals surface area contributed by atoms with Gasteiger partial charge in [0.25, 0.3) is 5.91 Å². The summed E-state index contributed by atoms with van der Waals surface area (Å²) in [5.74, 6) is 0.673. The first-order valence-electron chi connectivity index (χ1n) is 7.79. The van der Waals surface area contributed by atoms with Gasteiger partial charge >= 0.3 is 0 Å². The van der Waals surface area contributed by atoms with Crippen molar-refractivity contribution in [3.05, 3.63) is 65.7 Å². The molecule has 4 rings (SSSR count). The number of aromatic nitrogens is 1. The fraction of sp³-hybridized carbons (Fsp3) is 0.158. The molecule has 1 N–H and O–H groups in total. The lowest BCUT2D eigenvalue weighted by atomic mass is 9.97. The maximum absolute atomic E-state index is 12.7. The van der Waals surface area contributed by atoms with Gasteiger partial charge in [0, 0.05) is 17.0 Å². The highest BCUT2D eigenvalue weighted by atomic mass is 32.1. The molecule has 5 heteroatoms. The van der Waals surface area contributed by atoms with E-state index in [2.05, 4.69) is 10.3 Å². The van der Waals surface area contributed by atoms with Gasteiger partial charge in [-0.05, 0) is 6.07 Å². The van der Waals surface area contributed by atoms with Crippen LogP contribution < -0.4 is 10.1 Å². The lowest BCUT2D eigenvalue weighted by Crippen LogP contribution is -2.33. The first kappa shape index (κ1) is 14.9. The SMILES string of the molecule is C[C@H]1c2ccccc2O[C@@H]1C(=O)Nc1scnc1-c1ccccc1. The molecule has 3 aromatic rings. The van der Waals surface area contributed by atoms with Crippen LogP contribution in [0.15, 0.2) is 60.1 Å². The zero-order valence-corrected chi connectivity index (χ0v) is 13.9. The average Bonchev–Trinajstić information content (AvgIpc) is 3.21. The third-order valence-corrected chi connectivity index (χ3v) is 4.97. The summed E-state index contributed by atoms with van der Waals surface area (Å²) in [6.45, 7) is 2.01. The molecule has 1 aromatic heterocycles. The number of para-hydroxylation sites is 1. The first-order valence-corrected chi connectivity index (χ1v) is 8.67. The molecule has 24 heavy (non-hydrogen) atoms. The van der Waals surface area contributed by atoms with Crippen LogP contribution >= 0.6 is 11.3 Å². The van der Waals surface area contributed by atoms with Crippen LogP contribution in [0.1, 0.15) is 18.4 Å². The minimum atomic E-state index is -0.520. The van der Waals surface area contributed by atoms with Crippen molar-refractivity contribution in [2.24, 2.45) is 0 Å². The predicted molar refractivity (Wildman–Crippen MR) is 95.5 cm³/mol. The Bertz CT molecular complexity index is 876. The number of carbonyl (C=O) groups is 1. The summed E-state index contributed by atoms with van der Waals surface area (Å²) >= 11 is 1.42. The average molecular weight is 336 g/mol. The Hall–Kier alpha value is -2.66. The number of hydrogen-bond donors (Lipinski definition) is 1. The standard InChI is InChI=1S/C19H16N2O2S/c1-12-14-9-5-6-10-15(14)23-17(12)18(22)21-19-16(20-11-24-19)13-7-3-2-4-8-13/h2-12,17H,1H3,(H,21,22)/t12-,17-/m0/s1. The van der Waals surface area contributed by atoms with E-state index in [4.69, 9.17) is 4.74 Å². The van der Waals surface area contributed by atoms with E-state index < -0.39 is 6.10 Å². The van der Waals surface area contributed by atoms with Gasteiger partial charge in [-0.2, -0.15) is 0 Å². The smallest absolute Gasteiger partial charge is 0.266 e. The van der Waals surface area contributed by atoms with E-state index in [1.807, 2.05) is 61.5 Å². The third-order valence-electron chi connectivity index (χ3n) is 4.23. The number of amides is 1. The van der Waals surface area contributed by atoms with Gasteiger partial charge in [0.05, 0.1) is 5.51 Å². The fourth-order valence-corrected chi connectivity index (χ4v) is 3.67. The summed E-state index contributed by atoms with van der Waals surface area (Å²) in [6.07, 6.45) is -0.520. The Morgan fingerprint density at radius 2 is 1.88 bits per heavy atom. The number of nitrogens with zero attached hydrogens (tertiary/aromatic N) is 1. The van der Waals surface area contributed by atoms with Gasteiger partial charge in [0.2, 0.25) is 0 Å². The van der Waals surface area contributed by atoms with E-state index >= 15 is 0 Å². The Morgan fingerprint density at radius 1 is 1.12 bits per heavy atom. The molecule has 0 unspecified atom stereocenters. The number of rotatable bonds is 3. The Kier molecular flexibility index (Phi) is 3.78. The Balaban J connectivity index is 1.56. The second kappa shape index (κ2) is 6.09. The van der Waals surface area contributed by atoms with Gasteiger partial charge in [-0.25, -0.2) is 4.98 Å². The van der Waals surface area contributed by atoms with Gasteiger partial charge in [-0.1, -0.05) is 55.5 Å². The van der Waals surface area contributed by atoms with Gasteiger partial charge in [-0.15, -0.1) is 11.3 Å². The van der Waals surface area contributed by atoms with E-state index in [1.165, 1.54) is 11.3 Å². The van der Waals surface area contributed by atoms with Crippen molar-refractivity contribution in [1.82, 2.24) is 4.98 Å². The number of thiazole rings is 1. The predicted octanol–water partition coefficient (Wildman–Crippen LogP) is 4.31. The van der Waals surface area contributed by atoms with Crippen molar-refractivity contribution in [2.75, 3.05) is 5.32 Å². The molecule has 0 saturated heterocycles. The highest BCUT2D eigenvalue weighted by Crippen LogP contribution is 2.38. The molecule has 0 spiro atoms. The largest absolute Gasteiger partial charge is 0.480 e. The molecule has 1 amide bonds. The Morgan fingerprint density at radius 3 is 2.67 bits per heavy atom. The highest BCUT2D eigenvalue weighted by Gasteiger charge is 2.36. The van der Waals surface area contributed by atoms with Crippen LogP contribution in [-0.2, 0) is 4.79 Å². The zero-order valence-electron chi connectivity index (χ0n) is 13.1. The van der Waals surface area contributed by atoms with Crippen LogP contribution in [0.2, 0.25) is 0 Å². The van der Waals surface area contributed by atoms with Gasteiger partial charge < -0.3 is 10.1 Å². The molecule has 4 nitrogen and oxygen atoms in total. The highest BCUT2D eigenvalue weighted by molar-refractivity contribution is 7.14. The number of anilines is 1. The summed E-state index contributed by atoms with van der Waals surface area (Å²) < 4.78 is 5.85. The van der Waals surface area contributed by atoms with Crippen molar-refractivity contribution in [3.8, 4) is 17.0 Å². The normalized spacial score (nSPS) is 18.7. The number of fused-ring (bicyclic) bond motifs is 1. The molecule has 0 radical (unpaired) electrons. The number of benzene rings is 2. The van der Waals surface area contributed by atoms with Crippen molar-refractivity contribution < 1.29 is 9.53 Å². The molecular formula is C19H16N2O2S. The van der Waals surface area contributed by atoms with E-state index in [1.54, 1.807) is 5.51 Å². The van der Waals surface area contributed by atoms with Crippen LogP contribution in [0, 0.1) is 0 Å². The first-order chi connectivity index (χ1) is 11.7. The molecule has 0 fully saturated rings. The lowest BCUT2D eigenvalue weighted by Gasteiger charge is -2.15. The summed E-state index contributed by atoms with van der Waals surface area (Å²) in [7, 11) is 0. The maximum atomic E-state index is 12.7. The van der Waals surface area contributed by atoms with E-state index in [0.29, 0.717) is 0 Å². The lowest BCUT2D eigenvalue weighted by molar-refractivity contribution is -0.122. The van der Waals surface area contributed by atoms with Crippen molar-refractivity contribution in [3.63, 3.8) is 0 Å². The summed E-state index contributed by atoms with van der Waals surface area (Å²) in [6, 6.07) is 17.6. The van der Waals surface area contributed by atoms with E-state index in [0.717, 1.165) is 27.6 Å². The molecule has 120 valence electrons. The second-order valence-electron chi connectivity index (χ2n) is 5.75. The number of nitrogens with one attached hydrogen (secondary N) is 1. The van der Waals surface area contributed by atoms with Crippen LogP contribution in [0.5, 0.6) is 5.75 Å². The summed E-state index contributed by atoms with van der Waals surface area (Å²) in [5.41, 5.74) is 4.59. The number of ether oxygens (including phenoxy) is 1. The zero-order chi connectivity index (χ0) is 16.5.